The average molecular weight is 318 g/mol. The molecule has 126 valence electrons. The summed E-state index contributed by atoms with van der Waals surface area (Å²) < 4.78 is 5.16. The van der Waals surface area contributed by atoms with Crippen LogP contribution in [0.5, 0.6) is 0 Å². The number of carbonyl (C=O) groups is 1. The van der Waals surface area contributed by atoms with Crippen LogP contribution in [-0.2, 0) is 9.53 Å². The van der Waals surface area contributed by atoms with E-state index in [1.807, 2.05) is 0 Å². The Balaban J connectivity index is 2.34. The summed E-state index contributed by atoms with van der Waals surface area (Å²) in [6.45, 7) is -0.165. The number of aliphatic hydroxyl groups is 4. The minimum atomic E-state index is -1.51. The number of amides is 1. The fraction of sp³-hybridized carbons (Fsp3) is 0.917. The molecule has 0 spiro atoms. The van der Waals surface area contributed by atoms with Crippen LogP contribution in [0, 0.1) is 0 Å². The van der Waals surface area contributed by atoms with Gasteiger partial charge >= 0.3 is 0 Å². The van der Waals surface area contributed by atoms with Crippen molar-refractivity contribution < 1.29 is 30.0 Å². The highest BCUT2D eigenvalue weighted by Gasteiger charge is 2.43. The third kappa shape index (κ3) is 5.41. The highest BCUT2D eigenvalue weighted by Crippen LogP contribution is 2.19. The molecule has 0 aromatic rings. The maximum Gasteiger partial charge on any atom is 0.222 e. The van der Waals surface area contributed by atoms with E-state index < -0.39 is 37.3 Å². The highest BCUT2D eigenvalue weighted by molar-refractivity contribution is 5.76. The Bertz CT molecular complexity index is 401. The van der Waals surface area contributed by atoms with E-state index in [4.69, 9.17) is 15.4 Å². The van der Waals surface area contributed by atoms with Crippen molar-refractivity contribution in [2.45, 2.75) is 56.3 Å². The van der Waals surface area contributed by atoms with Crippen molar-refractivity contribution in [3.8, 4) is 0 Å². The topological polar surface area (TPSA) is 168 Å². The molecule has 0 unspecified atom stereocenters. The van der Waals surface area contributed by atoms with Crippen molar-refractivity contribution in [1.29, 1.82) is 0 Å². The van der Waals surface area contributed by atoms with Crippen LogP contribution in [0.4, 0.5) is 0 Å². The van der Waals surface area contributed by atoms with Gasteiger partial charge < -0.3 is 30.5 Å². The minimum absolute atomic E-state index is 0.186. The van der Waals surface area contributed by atoms with Crippen molar-refractivity contribution in [2.24, 2.45) is 5.11 Å². The number of hydrogen-bond acceptors (Lipinski definition) is 7. The Labute approximate surface area is 127 Å². The molecule has 1 saturated heterocycles. The van der Waals surface area contributed by atoms with Crippen LogP contribution in [0.2, 0.25) is 0 Å². The van der Waals surface area contributed by atoms with Gasteiger partial charge in [-0.2, -0.15) is 0 Å². The highest BCUT2D eigenvalue weighted by atomic mass is 16.6. The van der Waals surface area contributed by atoms with Gasteiger partial charge in [-0.05, 0) is 18.4 Å². The summed E-state index contributed by atoms with van der Waals surface area (Å²) in [5.41, 5.74) is 8.10. The maximum atomic E-state index is 11.7. The van der Waals surface area contributed by atoms with E-state index >= 15 is 0 Å². The molecule has 1 aliphatic heterocycles. The smallest absolute Gasteiger partial charge is 0.222 e. The lowest BCUT2D eigenvalue weighted by Gasteiger charge is -2.40. The number of carbonyl (C=O) groups excluding carboxylic acids is 1. The number of hydrogen-bond donors (Lipinski definition) is 5. The summed E-state index contributed by atoms with van der Waals surface area (Å²) in [7, 11) is 0. The molecule has 1 heterocycles. The molecular formula is C12H22N4O6. The lowest BCUT2D eigenvalue weighted by Crippen LogP contribution is -2.63. The third-order valence-electron chi connectivity index (χ3n) is 3.42. The van der Waals surface area contributed by atoms with Gasteiger partial charge in [0.2, 0.25) is 5.91 Å². The van der Waals surface area contributed by atoms with E-state index in [1.165, 1.54) is 0 Å². The van der Waals surface area contributed by atoms with Crippen LogP contribution in [0.3, 0.4) is 0 Å². The first-order valence-corrected chi connectivity index (χ1v) is 7.12. The molecule has 1 rings (SSSR count). The van der Waals surface area contributed by atoms with Crippen LogP contribution in [0.15, 0.2) is 5.11 Å². The molecule has 0 bridgehead atoms. The molecule has 0 aromatic heterocycles. The van der Waals surface area contributed by atoms with Crippen molar-refractivity contribution in [3.05, 3.63) is 10.4 Å². The summed E-state index contributed by atoms with van der Waals surface area (Å²) in [6.07, 6.45) is -4.53. The van der Waals surface area contributed by atoms with Crippen LogP contribution >= 0.6 is 0 Å². The van der Waals surface area contributed by atoms with Gasteiger partial charge in [-0.1, -0.05) is 11.5 Å². The first kappa shape index (κ1) is 18.6. The summed E-state index contributed by atoms with van der Waals surface area (Å²) >= 11 is 0. The number of nitrogens with one attached hydrogen (secondary N) is 1. The monoisotopic (exact) mass is 318 g/mol. The first-order chi connectivity index (χ1) is 10.5. The Morgan fingerprint density at radius 1 is 1.18 bits per heavy atom. The van der Waals surface area contributed by atoms with E-state index in [0.717, 1.165) is 0 Å². The molecule has 5 N–H and O–H groups in total. The first-order valence-electron chi connectivity index (χ1n) is 7.12. The zero-order valence-electron chi connectivity index (χ0n) is 12.1. The number of nitrogens with zero attached hydrogens (tertiary/aromatic N) is 3. The van der Waals surface area contributed by atoms with Gasteiger partial charge in [-0.15, -0.1) is 0 Å². The molecular weight excluding hydrogens is 296 g/mol. The van der Waals surface area contributed by atoms with Crippen LogP contribution < -0.4 is 5.32 Å². The normalized spacial score (nSPS) is 31.4. The molecule has 0 radical (unpaired) electrons. The Morgan fingerprint density at radius 2 is 1.91 bits per heavy atom. The molecule has 1 aliphatic rings. The molecule has 10 heteroatoms. The number of azide groups is 1. The summed E-state index contributed by atoms with van der Waals surface area (Å²) in [6, 6.07) is 0. The van der Waals surface area contributed by atoms with Gasteiger partial charge in [0.15, 0.2) is 6.23 Å². The molecule has 1 amide bonds. The standard InChI is InChI=1S/C12H22N4O6/c13-16-14-5-3-1-2-4-8(18)15-12-11(21)10(20)9(19)7(6-17)22-12/h7,9-12,17,19-21H,1-6H2,(H,15,18)/t7-,9-,10+,11-,12-/m1/s1. The van der Waals surface area contributed by atoms with Crippen molar-refractivity contribution in [1.82, 2.24) is 5.32 Å². The second-order valence-corrected chi connectivity index (χ2v) is 5.08. The molecule has 0 aliphatic carbocycles. The van der Waals surface area contributed by atoms with E-state index in [0.29, 0.717) is 25.8 Å². The predicted molar refractivity (Wildman–Crippen MR) is 74.4 cm³/mol. The number of unbranched alkanes of at least 4 members (excludes halogenated alkanes) is 2. The maximum absolute atomic E-state index is 11.7. The SMILES string of the molecule is [N-]=[N+]=NCCCCCC(=O)N[C@@H]1O[C@H](CO)[C@@H](O)[C@H](O)[C@H]1O. The van der Waals surface area contributed by atoms with Crippen molar-refractivity contribution >= 4 is 5.91 Å². The lowest BCUT2D eigenvalue weighted by molar-refractivity contribution is -0.236. The average Bonchev–Trinajstić information content (AvgIpc) is 2.51. The third-order valence-corrected chi connectivity index (χ3v) is 3.42. The van der Waals surface area contributed by atoms with E-state index in [9.17, 15) is 20.1 Å². The van der Waals surface area contributed by atoms with Crippen LogP contribution in [-0.4, -0.2) is 70.1 Å². The van der Waals surface area contributed by atoms with Gasteiger partial charge in [0.05, 0.1) is 6.61 Å². The number of ether oxygens (including phenoxy) is 1. The van der Waals surface area contributed by atoms with Gasteiger partial charge in [-0.3, -0.25) is 4.79 Å². The Kier molecular flexibility index (Phi) is 8.10. The molecule has 0 saturated carbocycles. The number of rotatable bonds is 8. The minimum Gasteiger partial charge on any atom is -0.394 e. The van der Waals surface area contributed by atoms with E-state index in [1.54, 1.807) is 0 Å². The largest absolute Gasteiger partial charge is 0.394 e. The zero-order chi connectivity index (χ0) is 16.5. The summed E-state index contributed by atoms with van der Waals surface area (Å²) in [4.78, 5) is 14.4. The molecule has 0 aromatic carbocycles. The molecule has 10 nitrogen and oxygen atoms in total. The van der Waals surface area contributed by atoms with Crippen molar-refractivity contribution in [3.63, 3.8) is 0 Å². The zero-order valence-corrected chi connectivity index (χ0v) is 12.1. The lowest BCUT2D eigenvalue weighted by atomic mass is 9.98. The van der Waals surface area contributed by atoms with Crippen LogP contribution in [0.1, 0.15) is 25.7 Å². The van der Waals surface area contributed by atoms with Crippen LogP contribution in [0.25, 0.3) is 10.4 Å². The van der Waals surface area contributed by atoms with Crippen molar-refractivity contribution in [2.75, 3.05) is 13.2 Å². The van der Waals surface area contributed by atoms with Gasteiger partial charge in [0.1, 0.15) is 24.4 Å². The van der Waals surface area contributed by atoms with Gasteiger partial charge in [0, 0.05) is 17.9 Å². The summed E-state index contributed by atoms with van der Waals surface area (Å²) in [5.74, 6) is -0.381. The predicted octanol–water partition coefficient (Wildman–Crippen LogP) is -1.23. The molecule has 1 fully saturated rings. The van der Waals surface area contributed by atoms with E-state index in [2.05, 4.69) is 15.3 Å². The fourth-order valence-electron chi connectivity index (χ4n) is 2.14. The fourth-order valence-corrected chi connectivity index (χ4v) is 2.14. The van der Waals surface area contributed by atoms with Gasteiger partial charge in [0.25, 0.3) is 0 Å². The number of aliphatic hydroxyl groups excluding tert-OH is 4. The second-order valence-electron chi connectivity index (χ2n) is 5.08. The Morgan fingerprint density at radius 3 is 2.55 bits per heavy atom. The second kappa shape index (κ2) is 9.57. The summed E-state index contributed by atoms with van der Waals surface area (Å²) in [5, 5.41) is 43.8. The molecule has 22 heavy (non-hydrogen) atoms. The quantitative estimate of drug-likeness (QED) is 0.162. The Hall–Kier alpha value is -1.42. The molecule has 5 atom stereocenters. The van der Waals surface area contributed by atoms with E-state index in [-0.39, 0.29) is 12.3 Å². The van der Waals surface area contributed by atoms with Gasteiger partial charge in [-0.25, -0.2) is 0 Å².